The molecule has 2 saturated carbocycles. The van der Waals surface area contributed by atoms with Crippen molar-refractivity contribution in [1.82, 2.24) is 0 Å². The Kier molecular flexibility index (Phi) is 2.97. The highest BCUT2D eigenvalue weighted by atomic mass is 16.8. The van der Waals surface area contributed by atoms with Crippen LogP contribution in [-0.4, -0.2) is 75.1 Å². The van der Waals surface area contributed by atoms with Crippen molar-refractivity contribution >= 4 is 17.9 Å². The van der Waals surface area contributed by atoms with Crippen LogP contribution in [-0.2, 0) is 33.3 Å². The van der Waals surface area contributed by atoms with Crippen molar-refractivity contribution in [3.05, 3.63) is 0 Å². The molecule has 0 radical (unpaired) electrons. The number of carbonyl (C=O) groups excluding carboxylic acids is 3. The zero-order valence-corrected chi connectivity index (χ0v) is 16.9. The third kappa shape index (κ3) is 1.33. The summed E-state index contributed by atoms with van der Waals surface area (Å²) in [6.07, 6.45) is -6.91. The maximum atomic E-state index is 13.4. The number of fused-ring (bicyclic) bond motifs is 1. The lowest BCUT2D eigenvalue weighted by Gasteiger charge is -2.47. The highest BCUT2D eigenvalue weighted by molar-refractivity contribution is 5.94. The van der Waals surface area contributed by atoms with Crippen LogP contribution in [0.15, 0.2) is 0 Å². The zero-order valence-electron chi connectivity index (χ0n) is 16.9. The predicted molar refractivity (Wildman–Crippen MR) is 92.0 cm³/mol. The van der Waals surface area contributed by atoms with Crippen molar-refractivity contribution in [1.29, 1.82) is 0 Å². The third-order valence-electron chi connectivity index (χ3n) is 9.00. The van der Waals surface area contributed by atoms with Gasteiger partial charge in [-0.05, 0) is 24.7 Å². The second kappa shape index (κ2) is 4.69. The summed E-state index contributed by atoms with van der Waals surface area (Å²) in [6, 6.07) is 0. The highest BCUT2D eigenvalue weighted by Crippen LogP contribution is 2.84. The molecule has 0 amide bonds. The van der Waals surface area contributed by atoms with Gasteiger partial charge in [0.05, 0.1) is 16.7 Å². The number of esters is 3. The number of hydrogen-bond acceptors (Lipinski definition) is 10. The van der Waals surface area contributed by atoms with E-state index in [-0.39, 0.29) is 6.42 Å². The van der Waals surface area contributed by atoms with Crippen molar-refractivity contribution in [3.63, 3.8) is 0 Å². The van der Waals surface area contributed by atoms with E-state index in [9.17, 15) is 29.7 Å². The monoisotopic (exact) mass is 424 g/mol. The fraction of sp³-hybridized carbons (Fsp3) is 0.850. The number of aliphatic hydroxyl groups excluding tert-OH is 2. The molecule has 6 fully saturated rings. The summed E-state index contributed by atoms with van der Waals surface area (Å²) in [5, 5.41) is 34.7. The Labute approximate surface area is 171 Å². The molecule has 10 nitrogen and oxygen atoms in total. The van der Waals surface area contributed by atoms with Crippen molar-refractivity contribution in [3.8, 4) is 0 Å². The van der Waals surface area contributed by atoms with Crippen LogP contribution >= 0.6 is 0 Å². The van der Waals surface area contributed by atoms with Crippen molar-refractivity contribution in [2.24, 2.45) is 28.1 Å². The lowest BCUT2D eigenvalue weighted by atomic mass is 9.51. The van der Waals surface area contributed by atoms with Crippen molar-refractivity contribution in [2.45, 2.75) is 76.0 Å². The van der Waals surface area contributed by atoms with Gasteiger partial charge in [-0.3, -0.25) is 4.79 Å². The Balaban J connectivity index is 1.72. The van der Waals surface area contributed by atoms with Gasteiger partial charge in [-0.2, -0.15) is 0 Å². The van der Waals surface area contributed by atoms with E-state index in [1.165, 1.54) is 6.92 Å². The third-order valence-corrected chi connectivity index (χ3v) is 9.00. The van der Waals surface area contributed by atoms with Crippen LogP contribution in [0.3, 0.4) is 0 Å². The first-order chi connectivity index (χ1) is 13.8. The average molecular weight is 424 g/mol. The lowest BCUT2D eigenvalue weighted by molar-refractivity contribution is -0.239. The maximum absolute atomic E-state index is 13.4. The van der Waals surface area contributed by atoms with Gasteiger partial charge in [-0.15, -0.1) is 0 Å². The first-order valence-electron chi connectivity index (χ1n) is 10.2. The minimum atomic E-state index is -2.24. The first-order valence-corrected chi connectivity index (χ1v) is 10.2. The predicted octanol–water partition coefficient (Wildman–Crippen LogP) is -1.37. The molecule has 10 heteroatoms. The lowest BCUT2D eigenvalue weighted by Crippen LogP contribution is -2.67. The van der Waals surface area contributed by atoms with Gasteiger partial charge in [0.1, 0.15) is 12.2 Å². The Hall–Kier alpha value is -1.75. The number of ether oxygens (including phenoxy) is 4. The number of rotatable bonds is 0. The summed E-state index contributed by atoms with van der Waals surface area (Å²) in [5.74, 6) is -4.32. The van der Waals surface area contributed by atoms with E-state index < -0.39 is 87.9 Å². The van der Waals surface area contributed by atoms with Crippen molar-refractivity contribution in [2.75, 3.05) is 0 Å². The summed E-state index contributed by atoms with van der Waals surface area (Å²) in [6.45, 7) is 7.14. The van der Waals surface area contributed by atoms with E-state index in [1.54, 1.807) is 0 Å². The van der Waals surface area contributed by atoms with E-state index in [2.05, 4.69) is 0 Å². The van der Waals surface area contributed by atoms with Gasteiger partial charge in [0.2, 0.25) is 11.9 Å². The van der Waals surface area contributed by atoms with E-state index in [4.69, 9.17) is 18.9 Å². The number of aliphatic hydroxyl groups is 3. The van der Waals surface area contributed by atoms with Crippen LogP contribution in [0.4, 0.5) is 0 Å². The summed E-state index contributed by atoms with van der Waals surface area (Å²) in [5.41, 5.74) is -8.26. The van der Waals surface area contributed by atoms with Crippen LogP contribution in [0.25, 0.3) is 0 Å². The summed E-state index contributed by atoms with van der Waals surface area (Å²) >= 11 is 0. The number of hydrogen-bond donors (Lipinski definition) is 3. The molecular formula is C20H24O10. The Morgan fingerprint density at radius 3 is 2.33 bits per heavy atom. The maximum Gasteiger partial charge on any atom is 0.343 e. The second-order valence-electron chi connectivity index (χ2n) is 10.7. The fourth-order valence-corrected chi connectivity index (χ4v) is 8.12. The summed E-state index contributed by atoms with van der Waals surface area (Å²) in [4.78, 5) is 38.2. The molecule has 2 unspecified atom stereocenters. The summed E-state index contributed by atoms with van der Waals surface area (Å²) in [7, 11) is 0. The zero-order chi connectivity index (χ0) is 21.8. The molecule has 30 heavy (non-hydrogen) atoms. The minimum absolute atomic E-state index is 0.229. The quantitative estimate of drug-likeness (QED) is 0.314. The second-order valence-corrected chi connectivity index (χ2v) is 10.7. The topological polar surface area (TPSA) is 149 Å². The van der Waals surface area contributed by atoms with Gasteiger partial charge in [-0.25, -0.2) is 9.59 Å². The molecule has 164 valence electrons. The molecule has 11 atom stereocenters. The molecule has 0 aromatic heterocycles. The molecule has 2 spiro atoms. The molecule has 4 aliphatic heterocycles. The molecule has 6 aliphatic rings. The molecule has 0 aromatic rings. The minimum Gasteiger partial charge on any atom is -0.459 e. The van der Waals surface area contributed by atoms with Crippen LogP contribution in [0, 0.1) is 28.1 Å². The fourth-order valence-electron chi connectivity index (χ4n) is 8.12. The largest absolute Gasteiger partial charge is 0.459 e. The Morgan fingerprint density at radius 1 is 1.03 bits per heavy atom. The molecule has 0 aromatic carbocycles. The highest BCUT2D eigenvalue weighted by Gasteiger charge is 3.03. The molecule has 2 aliphatic carbocycles. The van der Waals surface area contributed by atoms with E-state index in [0.29, 0.717) is 0 Å². The number of carbonyl (C=O) groups is 3. The van der Waals surface area contributed by atoms with E-state index in [1.807, 2.05) is 20.8 Å². The molecule has 4 saturated heterocycles. The van der Waals surface area contributed by atoms with Crippen LogP contribution in [0.1, 0.15) is 34.1 Å². The standard InChI is InChI=1S/C20H24O10/c1-6-12(23)28-11-9(21)18-8-5-7(16(2,3)4)17(18)10(22)13(24)29-15(17)30-20(18,14(25)27-8)19(6,11)26/h6-11,15,21-22,26H,5H2,1-4H3/t6-,7+,8-,9?,10+,11+,15+,17+,18?,19-,20-/m1/s1. The van der Waals surface area contributed by atoms with E-state index >= 15 is 0 Å². The van der Waals surface area contributed by atoms with Gasteiger partial charge in [-0.1, -0.05) is 20.8 Å². The Morgan fingerprint density at radius 2 is 1.70 bits per heavy atom. The SMILES string of the molecule is C[C@@H]1C(=O)O[C@H]2C(O)C34[C@H]5C[C@@H](C(C)(C)C)[C@]36[C@@H](OC(=O)[C@@H]6O)O[C@@]4(C(=O)O5)[C@@]12O. The van der Waals surface area contributed by atoms with Gasteiger partial charge < -0.3 is 34.3 Å². The van der Waals surface area contributed by atoms with Gasteiger partial charge in [0, 0.05) is 0 Å². The van der Waals surface area contributed by atoms with Crippen LogP contribution in [0.5, 0.6) is 0 Å². The molecule has 6 rings (SSSR count). The average Bonchev–Trinajstić information content (AvgIpc) is 3.35. The molecule has 4 heterocycles. The van der Waals surface area contributed by atoms with Crippen molar-refractivity contribution < 1.29 is 48.7 Å². The van der Waals surface area contributed by atoms with Gasteiger partial charge in [0.25, 0.3) is 0 Å². The van der Waals surface area contributed by atoms with E-state index in [0.717, 1.165) is 0 Å². The molecular weight excluding hydrogens is 400 g/mol. The Bertz CT molecular complexity index is 925. The smallest absolute Gasteiger partial charge is 0.343 e. The first kappa shape index (κ1) is 19.0. The van der Waals surface area contributed by atoms with Crippen LogP contribution < -0.4 is 0 Å². The van der Waals surface area contributed by atoms with Crippen LogP contribution in [0.2, 0.25) is 0 Å². The molecule has 3 N–H and O–H groups in total. The summed E-state index contributed by atoms with van der Waals surface area (Å²) < 4.78 is 22.5. The van der Waals surface area contributed by atoms with Gasteiger partial charge >= 0.3 is 17.9 Å². The molecule has 0 bridgehead atoms. The van der Waals surface area contributed by atoms with Gasteiger partial charge in [0.15, 0.2) is 17.8 Å². The normalized spacial score (nSPS) is 60.1.